The summed E-state index contributed by atoms with van der Waals surface area (Å²) in [5, 5.41) is 11.1. The number of benzene rings is 2. The summed E-state index contributed by atoms with van der Waals surface area (Å²) in [7, 11) is 1.58. The number of carbonyl (C=O) groups is 2. The van der Waals surface area contributed by atoms with Gasteiger partial charge in [-0.2, -0.15) is 0 Å². The molecule has 0 saturated carbocycles. The number of hydrogen-bond donors (Lipinski definition) is 0. The van der Waals surface area contributed by atoms with Crippen LogP contribution in [0.4, 0.5) is 5.69 Å². The topological polar surface area (TPSA) is 99.0 Å². The number of ketones is 2. The van der Waals surface area contributed by atoms with Crippen LogP contribution in [0.25, 0.3) is 0 Å². The molecule has 0 unspecified atom stereocenters. The molecule has 0 radical (unpaired) electrons. The zero-order valence-corrected chi connectivity index (χ0v) is 27.3. The number of nitro benzene ring substituents is 1. The van der Waals surface area contributed by atoms with Crippen molar-refractivity contribution in [1.82, 2.24) is 4.90 Å². The fourth-order valence-electron chi connectivity index (χ4n) is 7.22. The van der Waals surface area contributed by atoms with Gasteiger partial charge in [-0.1, -0.05) is 46.8 Å². The van der Waals surface area contributed by atoms with Crippen LogP contribution in [0.2, 0.25) is 0 Å². The molecule has 0 spiro atoms. The van der Waals surface area contributed by atoms with E-state index >= 15 is 0 Å². The molecule has 0 fully saturated rings. The number of allylic oxidation sites excluding steroid dienone is 5. The highest BCUT2D eigenvalue weighted by Crippen LogP contribution is 2.55. The molecule has 0 N–H and O–H groups in total. The average Bonchev–Trinajstić information content (AvgIpc) is 2.96. The maximum Gasteiger partial charge on any atom is 0.269 e. The quantitative estimate of drug-likeness (QED) is 0.152. The van der Waals surface area contributed by atoms with Gasteiger partial charge in [-0.05, 0) is 65.8 Å². The summed E-state index contributed by atoms with van der Waals surface area (Å²) in [6.45, 7) is 15.6. The van der Waals surface area contributed by atoms with Gasteiger partial charge >= 0.3 is 0 Å². The zero-order valence-electron chi connectivity index (χ0n) is 27.3. The van der Waals surface area contributed by atoms with Gasteiger partial charge in [0.15, 0.2) is 23.1 Å². The number of Topliss-reactive ketones (excluding diaryl/α,β-unsaturated/α-hetero) is 2. The van der Waals surface area contributed by atoms with Crippen molar-refractivity contribution in [2.75, 3.05) is 13.7 Å². The largest absolute Gasteiger partial charge is 0.493 e. The third-order valence-electron chi connectivity index (χ3n) is 9.07. The lowest BCUT2D eigenvalue weighted by molar-refractivity contribution is -0.384. The van der Waals surface area contributed by atoms with E-state index in [1.165, 1.54) is 12.1 Å². The van der Waals surface area contributed by atoms with Gasteiger partial charge in [0.2, 0.25) is 0 Å². The molecular weight excluding hydrogens is 568 g/mol. The van der Waals surface area contributed by atoms with Crippen molar-refractivity contribution in [3.05, 3.63) is 98.4 Å². The monoisotopic (exact) mass is 612 g/mol. The minimum Gasteiger partial charge on any atom is -0.493 e. The Labute approximate surface area is 265 Å². The normalized spacial score (nSPS) is 19.3. The molecule has 1 heterocycles. The molecule has 2 aromatic carbocycles. The van der Waals surface area contributed by atoms with Crippen LogP contribution in [-0.4, -0.2) is 35.0 Å². The van der Waals surface area contributed by atoms with E-state index in [1.807, 2.05) is 12.1 Å². The predicted octanol–water partition coefficient (Wildman–Crippen LogP) is 8.01. The van der Waals surface area contributed by atoms with Crippen molar-refractivity contribution in [3.8, 4) is 11.5 Å². The number of methoxy groups -OCH3 is 1. The van der Waals surface area contributed by atoms with Gasteiger partial charge in [0.05, 0.1) is 12.0 Å². The highest BCUT2D eigenvalue weighted by Gasteiger charge is 2.49. The van der Waals surface area contributed by atoms with Crippen molar-refractivity contribution in [3.63, 3.8) is 0 Å². The summed E-state index contributed by atoms with van der Waals surface area (Å²) in [6, 6.07) is 10.2. The minimum atomic E-state index is -0.489. The Morgan fingerprint density at radius 2 is 1.56 bits per heavy atom. The molecule has 0 amide bonds. The SMILES string of the molecule is C=CCc1cc(C2C3=C(CC(C)(C)CC3=O)N(CCC)C3=C2C(=O)CC(C)(C)C3)cc(OC)c1OCc1ccc([N+](=O)[O-])cc1. The minimum absolute atomic E-state index is 0.0154. The Balaban J connectivity index is 1.66. The summed E-state index contributed by atoms with van der Waals surface area (Å²) >= 11 is 0. The Morgan fingerprint density at radius 3 is 2.04 bits per heavy atom. The second kappa shape index (κ2) is 12.3. The van der Waals surface area contributed by atoms with Crippen LogP contribution in [0.1, 0.15) is 89.3 Å². The summed E-state index contributed by atoms with van der Waals surface area (Å²) in [5.74, 6) is 0.743. The van der Waals surface area contributed by atoms with E-state index in [2.05, 4.69) is 46.1 Å². The Kier molecular flexibility index (Phi) is 8.80. The van der Waals surface area contributed by atoms with E-state index < -0.39 is 10.8 Å². The van der Waals surface area contributed by atoms with Crippen molar-refractivity contribution in [2.45, 2.75) is 85.7 Å². The van der Waals surface area contributed by atoms with Gasteiger partial charge < -0.3 is 14.4 Å². The number of non-ortho nitro benzene ring substituents is 1. The van der Waals surface area contributed by atoms with Crippen LogP contribution in [0.15, 0.2) is 71.6 Å². The first kappa shape index (κ1) is 32.2. The van der Waals surface area contributed by atoms with Crippen LogP contribution in [-0.2, 0) is 22.6 Å². The predicted molar refractivity (Wildman–Crippen MR) is 174 cm³/mol. The second-order valence-corrected chi connectivity index (χ2v) is 14.1. The molecule has 238 valence electrons. The maximum absolute atomic E-state index is 14.1. The fourth-order valence-corrected chi connectivity index (χ4v) is 7.22. The molecule has 0 bridgehead atoms. The lowest BCUT2D eigenvalue weighted by atomic mass is 9.63. The molecule has 3 aliphatic rings. The summed E-state index contributed by atoms with van der Waals surface area (Å²) in [5.41, 5.74) is 5.67. The van der Waals surface area contributed by atoms with Crippen LogP contribution in [0.5, 0.6) is 11.5 Å². The van der Waals surface area contributed by atoms with Crippen LogP contribution in [0.3, 0.4) is 0 Å². The summed E-state index contributed by atoms with van der Waals surface area (Å²) in [6.07, 6.45) is 5.56. The van der Waals surface area contributed by atoms with E-state index in [1.54, 1.807) is 25.3 Å². The lowest BCUT2D eigenvalue weighted by Gasteiger charge is -2.49. The van der Waals surface area contributed by atoms with Gasteiger partial charge in [0.25, 0.3) is 5.69 Å². The van der Waals surface area contributed by atoms with Crippen molar-refractivity contribution in [1.29, 1.82) is 0 Å². The molecular formula is C37H44N2O6. The molecule has 0 aromatic heterocycles. The van der Waals surface area contributed by atoms with E-state index in [0.29, 0.717) is 30.8 Å². The number of nitrogens with zero attached hydrogens (tertiary/aromatic N) is 2. The third kappa shape index (κ3) is 6.33. The lowest BCUT2D eigenvalue weighted by Crippen LogP contribution is -2.44. The molecule has 2 aliphatic carbocycles. The van der Waals surface area contributed by atoms with E-state index in [4.69, 9.17) is 9.47 Å². The Hall–Kier alpha value is -4.20. The zero-order chi connectivity index (χ0) is 32.7. The number of hydrogen-bond acceptors (Lipinski definition) is 7. The van der Waals surface area contributed by atoms with Crippen LogP contribution < -0.4 is 9.47 Å². The first-order valence-corrected chi connectivity index (χ1v) is 15.8. The summed E-state index contributed by atoms with van der Waals surface area (Å²) < 4.78 is 12.2. The Bertz CT molecular complexity index is 1560. The average molecular weight is 613 g/mol. The van der Waals surface area contributed by atoms with Crippen molar-refractivity contribution < 1.29 is 24.0 Å². The maximum atomic E-state index is 14.1. The number of carbonyl (C=O) groups excluding carboxylic acids is 2. The molecule has 45 heavy (non-hydrogen) atoms. The third-order valence-corrected chi connectivity index (χ3v) is 9.07. The first-order valence-electron chi connectivity index (χ1n) is 15.8. The number of rotatable bonds is 10. The fraction of sp³-hybridized carbons (Fsp3) is 0.459. The Morgan fingerprint density at radius 1 is 0.978 bits per heavy atom. The number of ether oxygens (including phenoxy) is 2. The highest BCUT2D eigenvalue weighted by molar-refractivity contribution is 6.06. The standard InChI is InChI=1S/C37H44N2O6/c1-8-10-24-16-25(17-31(44-7)35(24)45-22-23-11-13-26(14-12-23)39(42)43)32-33-27(18-36(3,4)20-29(33)40)38(15-9-2)28-19-37(5,6)21-30(41)34(28)32/h8,11-14,16-17,32H,1,9-10,15,18-22H2,2-7H3. The molecule has 8 heteroatoms. The van der Waals surface area contributed by atoms with E-state index in [-0.39, 0.29) is 34.7 Å². The number of nitro groups is 1. The van der Waals surface area contributed by atoms with Gasteiger partial charge in [0.1, 0.15) is 6.61 Å². The smallest absolute Gasteiger partial charge is 0.269 e. The van der Waals surface area contributed by atoms with E-state index in [9.17, 15) is 19.7 Å². The molecule has 8 nitrogen and oxygen atoms in total. The highest BCUT2D eigenvalue weighted by atomic mass is 16.6. The van der Waals surface area contributed by atoms with Crippen molar-refractivity contribution in [2.24, 2.45) is 10.8 Å². The van der Waals surface area contributed by atoms with Gasteiger partial charge in [0, 0.05) is 65.5 Å². The van der Waals surface area contributed by atoms with Crippen molar-refractivity contribution >= 4 is 17.3 Å². The molecule has 1 aliphatic heterocycles. The van der Waals surface area contributed by atoms with Gasteiger partial charge in [-0.15, -0.1) is 6.58 Å². The molecule has 0 saturated heterocycles. The second-order valence-electron chi connectivity index (χ2n) is 14.1. The van der Waals surface area contributed by atoms with Crippen LogP contribution >= 0.6 is 0 Å². The van der Waals surface area contributed by atoms with Gasteiger partial charge in [-0.25, -0.2) is 0 Å². The van der Waals surface area contributed by atoms with Crippen LogP contribution in [0, 0.1) is 20.9 Å². The summed E-state index contributed by atoms with van der Waals surface area (Å²) in [4.78, 5) is 41.2. The molecule has 0 atom stereocenters. The molecule has 5 rings (SSSR count). The van der Waals surface area contributed by atoms with E-state index in [0.717, 1.165) is 65.0 Å². The van der Waals surface area contributed by atoms with Gasteiger partial charge in [-0.3, -0.25) is 19.7 Å². The molecule has 2 aromatic rings. The first-order chi connectivity index (χ1) is 21.3.